The molecule has 8 nitrogen and oxygen atoms in total. The van der Waals surface area contributed by atoms with E-state index in [1.165, 1.54) is 7.11 Å². The largest absolute Gasteiger partial charge is 0.375 e. The van der Waals surface area contributed by atoms with Gasteiger partial charge in [-0.2, -0.15) is 4.98 Å². The number of hydrogen-bond donors (Lipinski definition) is 0. The van der Waals surface area contributed by atoms with Gasteiger partial charge in [0, 0.05) is 52.0 Å². The van der Waals surface area contributed by atoms with Gasteiger partial charge in [-0.15, -0.1) is 0 Å². The summed E-state index contributed by atoms with van der Waals surface area (Å²) >= 11 is 0. The smallest absolute Gasteiger partial charge is 0.248 e. The molecule has 0 atom stereocenters. The summed E-state index contributed by atoms with van der Waals surface area (Å²) < 4.78 is 9.86. The molecule has 0 aliphatic carbocycles. The molecule has 0 aromatic carbocycles. The summed E-state index contributed by atoms with van der Waals surface area (Å²) in [5.41, 5.74) is 0.819. The Morgan fingerprint density at radius 3 is 2.65 bits per heavy atom. The summed E-state index contributed by atoms with van der Waals surface area (Å²) in [4.78, 5) is 24.4. The zero-order valence-corrected chi connectivity index (χ0v) is 13.2. The predicted octanol–water partition coefficient (Wildman–Crippen LogP) is 0.735. The van der Waals surface area contributed by atoms with Gasteiger partial charge in [0.2, 0.25) is 17.6 Å². The lowest BCUT2D eigenvalue weighted by molar-refractivity contribution is -0.135. The Hall–Kier alpha value is -2.48. The Kier molecular flexibility index (Phi) is 4.52. The van der Waals surface area contributed by atoms with Crippen LogP contribution in [0.5, 0.6) is 0 Å². The molecule has 1 saturated heterocycles. The Bertz CT molecular complexity index is 662. The number of aryl methyl sites for hydroxylation is 1. The van der Waals surface area contributed by atoms with E-state index in [2.05, 4.69) is 20.0 Å². The van der Waals surface area contributed by atoms with Crippen LogP contribution in [0.15, 0.2) is 22.9 Å². The maximum Gasteiger partial charge on any atom is 0.248 e. The van der Waals surface area contributed by atoms with Crippen LogP contribution in [-0.2, 0) is 9.53 Å². The van der Waals surface area contributed by atoms with Crippen molar-refractivity contribution in [3.8, 4) is 11.4 Å². The molecule has 0 spiro atoms. The maximum atomic E-state index is 11.8. The molecule has 122 valence electrons. The molecule has 0 radical (unpaired) electrons. The van der Waals surface area contributed by atoms with Crippen LogP contribution in [0.2, 0.25) is 0 Å². The minimum Gasteiger partial charge on any atom is -0.375 e. The summed E-state index contributed by atoms with van der Waals surface area (Å²) in [6.07, 6.45) is 1.74. The average molecular weight is 317 g/mol. The quantitative estimate of drug-likeness (QED) is 0.822. The van der Waals surface area contributed by atoms with Crippen LogP contribution in [0.4, 0.5) is 5.82 Å². The molecule has 0 unspecified atom stereocenters. The predicted molar refractivity (Wildman–Crippen MR) is 82.9 cm³/mol. The number of carbonyl (C=O) groups is 1. The molecule has 0 saturated carbocycles. The van der Waals surface area contributed by atoms with Gasteiger partial charge >= 0.3 is 0 Å². The Morgan fingerprint density at radius 1 is 1.30 bits per heavy atom. The molecule has 3 heterocycles. The van der Waals surface area contributed by atoms with Gasteiger partial charge in [-0.3, -0.25) is 4.79 Å². The van der Waals surface area contributed by atoms with Gasteiger partial charge in [-0.05, 0) is 12.1 Å². The first-order valence-corrected chi connectivity index (χ1v) is 7.46. The van der Waals surface area contributed by atoms with Gasteiger partial charge in [0.25, 0.3) is 0 Å². The molecule has 2 aromatic rings. The highest BCUT2D eigenvalue weighted by Gasteiger charge is 2.21. The average Bonchev–Trinajstić information content (AvgIpc) is 3.02. The SMILES string of the molecule is COCC(=O)N1CCN(c2ccc(-c3noc(C)n3)cn2)CC1. The van der Waals surface area contributed by atoms with Gasteiger partial charge in [-0.1, -0.05) is 5.16 Å². The van der Waals surface area contributed by atoms with Crippen molar-refractivity contribution < 1.29 is 14.1 Å². The van der Waals surface area contributed by atoms with Crippen molar-refractivity contribution in [1.82, 2.24) is 20.0 Å². The second-order valence-corrected chi connectivity index (χ2v) is 5.34. The lowest BCUT2D eigenvalue weighted by Gasteiger charge is -2.35. The van der Waals surface area contributed by atoms with E-state index in [1.807, 2.05) is 17.0 Å². The molecule has 1 aliphatic rings. The fraction of sp³-hybridized carbons (Fsp3) is 0.467. The zero-order chi connectivity index (χ0) is 16.2. The Balaban J connectivity index is 1.62. The lowest BCUT2D eigenvalue weighted by Crippen LogP contribution is -2.49. The molecule has 3 rings (SSSR count). The summed E-state index contributed by atoms with van der Waals surface area (Å²) in [6.45, 7) is 4.75. The van der Waals surface area contributed by atoms with E-state index in [1.54, 1.807) is 13.1 Å². The summed E-state index contributed by atoms with van der Waals surface area (Å²) in [5, 5.41) is 3.88. The first kappa shape index (κ1) is 15.4. The molecule has 23 heavy (non-hydrogen) atoms. The summed E-state index contributed by atoms with van der Waals surface area (Å²) in [6, 6.07) is 3.86. The van der Waals surface area contributed by atoms with Gasteiger partial charge < -0.3 is 19.1 Å². The van der Waals surface area contributed by atoms with Crippen LogP contribution in [-0.4, -0.2) is 65.8 Å². The standard InChI is InChI=1S/C15H19N5O3/c1-11-17-15(18-23-11)12-3-4-13(16-9-12)19-5-7-20(8-6-19)14(21)10-22-2/h3-4,9H,5-8,10H2,1-2H3. The normalized spacial score (nSPS) is 15.0. The molecule has 1 amide bonds. The number of methoxy groups -OCH3 is 1. The van der Waals surface area contributed by atoms with Gasteiger partial charge in [0.1, 0.15) is 12.4 Å². The van der Waals surface area contributed by atoms with Crippen molar-refractivity contribution in [2.75, 3.05) is 44.8 Å². The zero-order valence-electron chi connectivity index (χ0n) is 13.2. The highest BCUT2D eigenvalue weighted by Crippen LogP contribution is 2.19. The number of carbonyl (C=O) groups excluding carboxylic acids is 1. The van der Waals surface area contributed by atoms with E-state index in [0.29, 0.717) is 24.8 Å². The molecule has 2 aromatic heterocycles. The number of nitrogens with zero attached hydrogens (tertiary/aromatic N) is 5. The lowest BCUT2D eigenvalue weighted by atomic mass is 10.2. The minimum absolute atomic E-state index is 0.0305. The first-order valence-electron chi connectivity index (χ1n) is 7.46. The van der Waals surface area contributed by atoms with Crippen LogP contribution >= 0.6 is 0 Å². The third kappa shape index (κ3) is 3.48. The first-order chi connectivity index (χ1) is 11.2. The molecular weight excluding hydrogens is 298 g/mol. The number of piperazine rings is 1. The Labute approximate surface area is 134 Å². The number of hydrogen-bond acceptors (Lipinski definition) is 7. The number of aromatic nitrogens is 3. The molecule has 1 fully saturated rings. The maximum absolute atomic E-state index is 11.8. The highest BCUT2D eigenvalue weighted by molar-refractivity contribution is 5.77. The van der Waals surface area contributed by atoms with Crippen molar-refractivity contribution in [3.63, 3.8) is 0 Å². The van der Waals surface area contributed by atoms with Gasteiger partial charge in [0.15, 0.2) is 0 Å². The fourth-order valence-electron chi connectivity index (χ4n) is 2.52. The minimum atomic E-state index is 0.0305. The van der Waals surface area contributed by atoms with Crippen molar-refractivity contribution in [2.24, 2.45) is 0 Å². The van der Waals surface area contributed by atoms with E-state index in [-0.39, 0.29) is 12.5 Å². The van der Waals surface area contributed by atoms with Crippen molar-refractivity contribution in [3.05, 3.63) is 24.2 Å². The third-order valence-electron chi connectivity index (χ3n) is 3.76. The molecule has 8 heteroatoms. The summed E-state index contributed by atoms with van der Waals surface area (Å²) in [7, 11) is 1.53. The second-order valence-electron chi connectivity index (χ2n) is 5.34. The van der Waals surface area contributed by atoms with Crippen LogP contribution in [0, 0.1) is 6.92 Å². The van der Waals surface area contributed by atoms with E-state index in [4.69, 9.17) is 9.26 Å². The monoisotopic (exact) mass is 317 g/mol. The summed E-state index contributed by atoms with van der Waals surface area (Å²) in [5.74, 6) is 1.98. The van der Waals surface area contributed by atoms with E-state index in [9.17, 15) is 4.79 Å². The topological polar surface area (TPSA) is 84.6 Å². The van der Waals surface area contributed by atoms with Crippen LogP contribution in [0.1, 0.15) is 5.89 Å². The van der Waals surface area contributed by atoms with Crippen molar-refractivity contribution in [2.45, 2.75) is 6.92 Å². The number of amides is 1. The van der Waals surface area contributed by atoms with Gasteiger partial charge in [-0.25, -0.2) is 4.98 Å². The van der Waals surface area contributed by atoms with Crippen molar-refractivity contribution in [1.29, 1.82) is 0 Å². The molecule has 0 bridgehead atoms. The molecule has 1 aliphatic heterocycles. The van der Waals surface area contributed by atoms with Crippen LogP contribution in [0.25, 0.3) is 11.4 Å². The van der Waals surface area contributed by atoms with E-state index < -0.39 is 0 Å². The van der Waals surface area contributed by atoms with E-state index in [0.717, 1.165) is 24.5 Å². The number of ether oxygens (including phenoxy) is 1. The van der Waals surface area contributed by atoms with E-state index >= 15 is 0 Å². The van der Waals surface area contributed by atoms with Crippen LogP contribution in [0.3, 0.4) is 0 Å². The van der Waals surface area contributed by atoms with Gasteiger partial charge in [0.05, 0.1) is 0 Å². The third-order valence-corrected chi connectivity index (χ3v) is 3.76. The number of anilines is 1. The van der Waals surface area contributed by atoms with Crippen molar-refractivity contribution >= 4 is 11.7 Å². The highest BCUT2D eigenvalue weighted by atomic mass is 16.5. The molecule has 0 N–H and O–H groups in total. The fourth-order valence-corrected chi connectivity index (χ4v) is 2.52. The molecular formula is C15H19N5O3. The second kappa shape index (κ2) is 6.74. The number of rotatable bonds is 4. The van der Waals surface area contributed by atoms with Crippen LogP contribution < -0.4 is 4.90 Å². The number of pyridine rings is 1. The Morgan fingerprint density at radius 2 is 2.09 bits per heavy atom.